The van der Waals surface area contributed by atoms with Gasteiger partial charge in [-0.15, -0.1) is 0 Å². The van der Waals surface area contributed by atoms with Crippen molar-refractivity contribution in [1.29, 1.82) is 0 Å². The van der Waals surface area contributed by atoms with Crippen molar-refractivity contribution in [2.45, 2.75) is 18.9 Å². The molecule has 2 atom stereocenters. The van der Waals surface area contributed by atoms with Crippen LogP contribution < -0.4 is 15.2 Å². The Hall–Kier alpha value is -1.40. The summed E-state index contributed by atoms with van der Waals surface area (Å²) in [6, 6.07) is 2.99. The van der Waals surface area contributed by atoms with E-state index in [0.717, 1.165) is 18.5 Å². The van der Waals surface area contributed by atoms with Crippen LogP contribution in [0.15, 0.2) is 12.1 Å². The Labute approximate surface area is 122 Å². The van der Waals surface area contributed by atoms with E-state index in [1.807, 2.05) is 7.05 Å². The number of nitrogens with two attached hydrogens (primary N) is 1. The third kappa shape index (κ3) is 2.70. The maximum atomic E-state index is 13.1. The molecule has 21 heavy (non-hydrogen) atoms. The van der Waals surface area contributed by atoms with E-state index < -0.39 is 6.43 Å². The largest absolute Gasteiger partial charge is 0.486 e. The Morgan fingerprint density at radius 1 is 1.33 bits per heavy atom. The quantitative estimate of drug-likeness (QED) is 0.930. The Kier molecular flexibility index (Phi) is 3.99. The molecule has 0 aliphatic carbocycles. The molecule has 0 aromatic heterocycles. The van der Waals surface area contributed by atoms with Crippen LogP contribution in [0.1, 0.15) is 30.0 Å². The summed E-state index contributed by atoms with van der Waals surface area (Å²) in [5, 5.41) is 0. The van der Waals surface area contributed by atoms with Gasteiger partial charge >= 0.3 is 0 Å². The lowest BCUT2D eigenvalue weighted by molar-refractivity contribution is 0.145. The van der Waals surface area contributed by atoms with Crippen LogP contribution in [-0.4, -0.2) is 38.3 Å². The van der Waals surface area contributed by atoms with E-state index in [2.05, 4.69) is 4.90 Å². The molecule has 116 valence electrons. The zero-order valence-electron chi connectivity index (χ0n) is 12.0. The van der Waals surface area contributed by atoms with E-state index >= 15 is 0 Å². The molecule has 1 aromatic rings. The summed E-state index contributed by atoms with van der Waals surface area (Å²) in [6.07, 6.45) is -1.66. The Bertz CT molecular complexity index is 525. The zero-order valence-corrected chi connectivity index (χ0v) is 12.0. The normalized spacial score (nSPS) is 25.6. The monoisotopic (exact) mass is 298 g/mol. The van der Waals surface area contributed by atoms with Gasteiger partial charge in [0.1, 0.15) is 13.2 Å². The van der Waals surface area contributed by atoms with Gasteiger partial charge in [0.25, 0.3) is 6.43 Å². The number of benzene rings is 1. The molecule has 6 heteroatoms. The predicted molar refractivity (Wildman–Crippen MR) is 74.9 cm³/mol. The molecule has 1 saturated heterocycles. The van der Waals surface area contributed by atoms with Gasteiger partial charge in [-0.1, -0.05) is 0 Å². The third-order valence-corrected chi connectivity index (χ3v) is 4.27. The molecule has 0 saturated carbocycles. The summed E-state index contributed by atoms with van der Waals surface area (Å²) in [7, 11) is 1.99. The minimum absolute atomic E-state index is 0.0150. The highest BCUT2D eigenvalue weighted by molar-refractivity contribution is 5.52. The number of hydrogen-bond donors (Lipinski definition) is 1. The molecule has 2 heterocycles. The van der Waals surface area contributed by atoms with Crippen LogP contribution in [0, 0.1) is 5.92 Å². The molecule has 2 aliphatic heterocycles. The van der Waals surface area contributed by atoms with Crippen LogP contribution >= 0.6 is 0 Å². The molecule has 2 unspecified atom stereocenters. The van der Waals surface area contributed by atoms with Gasteiger partial charge in [-0.2, -0.15) is 0 Å². The molecular weight excluding hydrogens is 278 g/mol. The fourth-order valence-electron chi connectivity index (χ4n) is 3.22. The van der Waals surface area contributed by atoms with E-state index in [1.54, 1.807) is 6.07 Å². The van der Waals surface area contributed by atoms with Crippen molar-refractivity contribution in [2.24, 2.45) is 11.7 Å². The van der Waals surface area contributed by atoms with E-state index in [4.69, 9.17) is 15.2 Å². The number of ether oxygens (including phenoxy) is 2. The van der Waals surface area contributed by atoms with E-state index in [9.17, 15) is 8.78 Å². The van der Waals surface area contributed by atoms with Crippen LogP contribution in [0.25, 0.3) is 0 Å². The van der Waals surface area contributed by atoms with Crippen molar-refractivity contribution in [3.05, 3.63) is 23.3 Å². The maximum absolute atomic E-state index is 13.1. The fourth-order valence-corrected chi connectivity index (χ4v) is 3.22. The zero-order chi connectivity index (χ0) is 15.0. The molecule has 1 aromatic carbocycles. The summed E-state index contributed by atoms with van der Waals surface area (Å²) in [4.78, 5) is 2.15. The van der Waals surface area contributed by atoms with E-state index in [-0.39, 0.29) is 11.6 Å². The molecule has 2 N–H and O–H groups in total. The molecule has 4 nitrogen and oxygen atoms in total. The average molecular weight is 298 g/mol. The first-order chi connectivity index (χ1) is 10.1. The third-order valence-electron chi connectivity index (χ3n) is 4.27. The SMILES string of the molecule is CN1CC(CN)CC1c1cc(C(F)F)cc2c1OCCO2. The van der Waals surface area contributed by atoms with Gasteiger partial charge in [0, 0.05) is 23.7 Å². The second-order valence-corrected chi connectivity index (χ2v) is 5.73. The van der Waals surface area contributed by atoms with Crippen LogP contribution in [-0.2, 0) is 0 Å². The van der Waals surface area contributed by atoms with Gasteiger partial charge in [-0.25, -0.2) is 8.78 Å². The molecule has 2 aliphatic rings. The lowest BCUT2D eigenvalue weighted by Crippen LogP contribution is -2.23. The Morgan fingerprint density at radius 2 is 2.10 bits per heavy atom. The minimum Gasteiger partial charge on any atom is -0.486 e. The number of hydrogen-bond acceptors (Lipinski definition) is 4. The molecule has 3 rings (SSSR count). The summed E-state index contributed by atoms with van der Waals surface area (Å²) >= 11 is 0. The van der Waals surface area contributed by atoms with Crippen molar-refractivity contribution in [2.75, 3.05) is 33.4 Å². The minimum atomic E-state index is -2.52. The smallest absolute Gasteiger partial charge is 0.263 e. The van der Waals surface area contributed by atoms with E-state index in [1.165, 1.54) is 6.07 Å². The summed E-state index contributed by atoms with van der Waals surface area (Å²) in [6.45, 7) is 2.32. The number of halogens is 2. The maximum Gasteiger partial charge on any atom is 0.263 e. The number of nitrogens with zero attached hydrogens (tertiary/aromatic N) is 1. The van der Waals surface area contributed by atoms with Gasteiger partial charge in [-0.3, -0.25) is 4.90 Å². The summed E-state index contributed by atoms with van der Waals surface area (Å²) < 4.78 is 37.4. The van der Waals surface area contributed by atoms with Gasteiger partial charge in [0.2, 0.25) is 0 Å². The Morgan fingerprint density at radius 3 is 2.76 bits per heavy atom. The van der Waals surface area contributed by atoms with Gasteiger partial charge in [0.15, 0.2) is 11.5 Å². The van der Waals surface area contributed by atoms with Gasteiger partial charge in [0.05, 0.1) is 0 Å². The fraction of sp³-hybridized carbons (Fsp3) is 0.600. The molecular formula is C15H20F2N2O2. The highest BCUT2D eigenvalue weighted by atomic mass is 19.3. The van der Waals surface area contributed by atoms with Crippen molar-refractivity contribution < 1.29 is 18.3 Å². The van der Waals surface area contributed by atoms with Crippen molar-refractivity contribution in [3.63, 3.8) is 0 Å². The molecule has 0 spiro atoms. The first kappa shape index (κ1) is 14.5. The van der Waals surface area contributed by atoms with Crippen molar-refractivity contribution in [1.82, 2.24) is 4.90 Å². The number of rotatable bonds is 3. The van der Waals surface area contributed by atoms with Crippen LogP contribution in [0.4, 0.5) is 8.78 Å². The first-order valence-corrected chi connectivity index (χ1v) is 7.22. The van der Waals surface area contributed by atoms with Crippen molar-refractivity contribution in [3.8, 4) is 11.5 Å². The highest BCUT2D eigenvalue weighted by Gasteiger charge is 2.34. The predicted octanol–water partition coefficient (Wildman–Crippen LogP) is 2.35. The molecule has 0 amide bonds. The van der Waals surface area contributed by atoms with Crippen molar-refractivity contribution >= 4 is 0 Å². The van der Waals surface area contributed by atoms with Crippen LogP contribution in [0.3, 0.4) is 0 Å². The molecule has 0 radical (unpaired) electrons. The average Bonchev–Trinajstić information content (AvgIpc) is 2.87. The standard InChI is InChI=1S/C15H20F2N2O2/c1-19-8-9(7-18)4-12(19)11-5-10(15(16)17)6-13-14(11)21-3-2-20-13/h5-6,9,12,15H,2-4,7-8,18H2,1H3. The van der Waals surface area contributed by atoms with Crippen LogP contribution in [0.2, 0.25) is 0 Å². The highest BCUT2D eigenvalue weighted by Crippen LogP contribution is 2.45. The lowest BCUT2D eigenvalue weighted by atomic mass is 9.96. The second kappa shape index (κ2) is 5.77. The first-order valence-electron chi connectivity index (χ1n) is 7.22. The number of likely N-dealkylation sites (tertiary alicyclic amines) is 1. The lowest BCUT2D eigenvalue weighted by Gasteiger charge is -2.27. The van der Waals surface area contributed by atoms with Crippen LogP contribution in [0.5, 0.6) is 11.5 Å². The van der Waals surface area contributed by atoms with Gasteiger partial charge < -0.3 is 15.2 Å². The second-order valence-electron chi connectivity index (χ2n) is 5.73. The summed E-state index contributed by atoms with van der Waals surface area (Å²) in [5.41, 5.74) is 6.53. The van der Waals surface area contributed by atoms with Gasteiger partial charge in [-0.05, 0) is 38.1 Å². The Balaban J connectivity index is 2.02. The number of alkyl halides is 2. The topological polar surface area (TPSA) is 47.7 Å². The van der Waals surface area contributed by atoms with E-state index in [0.29, 0.717) is 37.2 Å². The number of fused-ring (bicyclic) bond motifs is 1. The summed E-state index contributed by atoms with van der Waals surface area (Å²) in [5.74, 6) is 1.43. The molecule has 0 bridgehead atoms. The molecule has 1 fully saturated rings.